The lowest BCUT2D eigenvalue weighted by Gasteiger charge is -2.57. The molecule has 29 heavy (non-hydrogen) atoms. The van der Waals surface area contributed by atoms with Crippen LogP contribution in [0.4, 0.5) is 0 Å². The Kier molecular flexibility index (Phi) is 4.20. The van der Waals surface area contributed by atoms with E-state index in [0.717, 1.165) is 29.1 Å². The zero-order chi connectivity index (χ0) is 20.4. The Morgan fingerprint density at radius 1 is 1.03 bits per heavy atom. The second-order valence-electron chi connectivity index (χ2n) is 11.0. The van der Waals surface area contributed by atoms with Crippen LogP contribution in [0, 0.1) is 24.7 Å². The largest absolute Gasteiger partial charge is 0.295 e. The van der Waals surface area contributed by atoms with Crippen molar-refractivity contribution in [2.24, 2.45) is 22.7 Å². The van der Waals surface area contributed by atoms with Crippen LogP contribution in [0.15, 0.2) is 34.1 Å². The molecule has 0 spiro atoms. The number of aliphatic imine (C=N–C) groups is 1. The Morgan fingerprint density at radius 2 is 1.59 bits per heavy atom. The van der Waals surface area contributed by atoms with Gasteiger partial charge in [0.05, 0.1) is 16.8 Å². The maximum absolute atomic E-state index is 13.0. The summed E-state index contributed by atoms with van der Waals surface area (Å²) in [7, 11) is 0. The third kappa shape index (κ3) is 3.31. The van der Waals surface area contributed by atoms with Crippen molar-refractivity contribution in [1.29, 1.82) is 0 Å². The number of H-pyrrole nitrogens is 1. The van der Waals surface area contributed by atoms with Crippen LogP contribution in [0.1, 0.15) is 76.1 Å². The van der Waals surface area contributed by atoms with Gasteiger partial charge >= 0.3 is 0 Å². The Balaban J connectivity index is 1.45. The monoisotopic (exact) mass is 391 g/mol. The van der Waals surface area contributed by atoms with Gasteiger partial charge in [0.25, 0.3) is 5.56 Å². The van der Waals surface area contributed by atoms with Gasteiger partial charge in [0.2, 0.25) is 0 Å². The number of aryl methyl sites for hydroxylation is 1. The van der Waals surface area contributed by atoms with E-state index < -0.39 is 0 Å². The summed E-state index contributed by atoms with van der Waals surface area (Å²) in [5.74, 6) is 2.83. The van der Waals surface area contributed by atoms with Gasteiger partial charge in [0, 0.05) is 11.9 Å². The van der Waals surface area contributed by atoms with E-state index in [1.165, 1.54) is 44.1 Å². The van der Waals surface area contributed by atoms with Crippen molar-refractivity contribution in [1.82, 2.24) is 9.78 Å². The molecule has 6 rings (SSSR count). The summed E-state index contributed by atoms with van der Waals surface area (Å²) in [6, 6.07) is 8.81. The Hall–Kier alpha value is -2.10. The average molecular weight is 392 g/mol. The smallest absolute Gasteiger partial charge is 0.280 e. The summed E-state index contributed by atoms with van der Waals surface area (Å²) in [5.41, 5.74) is 4.07. The molecule has 0 saturated heterocycles. The van der Waals surface area contributed by atoms with Gasteiger partial charge in [-0.2, -0.15) is 0 Å². The average Bonchev–Trinajstić information content (AvgIpc) is 2.92. The number of nitrogens with zero attached hydrogens (tertiary/aromatic N) is 2. The van der Waals surface area contributed by atoms with Gasteiger partial charge in [-0.1, -0.05) is 12.1 Å². The number of aromatic nitrogens is 2. The molecule has 1 aromatic carbocycles. The molecule has 4 saturated carbocycles. The molecule has 1 N–H and O–H groups in total. The maximum Gasteiger partial charge on any atom is 0.280 e. The number of rotatable bonds is 3. The number of aromatic amines is 1. The summed E-state index contributed by atoms with van der Waals surface area (Å²) in [6.07, 6.45) is 10.2. The number of nitrogens with one attached hydrogen (secondary N) is 1. The molecular weight excluding hydrogens is 358 g/mol. The molecule has 4 aliphatic rings. The minimum absolute atomic E-state index is 0.0296. The topological polar surface area (TPSA) is 50.1 Å². The lowest BCUT2D eigenvalue weighted by atomic mass is 9.48. The van der Waals surface area contributed by atoms with E-state index >= 15 is 0 Å². The zero-order valence-corrected chi connectivity index (χ0v) is 18.2. The first kappa shape index (κ1) is 18.9. The molecule has 0 radical (unpaired) electrons. The molecule has 154 valence electrons. The Morgan fingerprint density at radius 3 is 2.10 bits per heavy atom. The zero-order valence-electron chi connectivity index (χ0n) is 18.2. The van der Waals surface area contributed by atoms with Crippen LogP contribution in [-0.2, 0) is 5.41 Å². The molecule has 0 atom stereocenters. The van der Waals surface area contributed by atoms with Gasteiger partial charge in [-0.05, 0) is 107 Å². The van der Waals surface area contributed by atoms with Crippen LogP contribution in [0.2, 0.25) is 0 Å². The molecule has 4 heteroatoms. The van der Waals surface area contributed by atoms with E-state index in [0.29, 0.717) is 11.0 Å². The van der Waals surface area contributed by atoms with Gasteiger partial charge in [0.1, 0.15) is 0 Å². The number of hydrogen-bond donors (Lipinski definition) is 1. The molecule has 1 heterocycles. The van der Waals surface area contributed by atoms with E-state index in [1.807, 2.05) is 27.7 Å². The first-order valence-electron chi connectivity index (χ1n) is 11.2. The normalized spacial score (nSPS) is 31.1. The fourth-order valence-corrected chi connectivity index (χ4v) is 6.58. The molecular formula is C25H33N3O. The highest BCUT2D eigenvalue weighted by Gasteiger charge is 2.51. The van der Waals surface area contributed by atoms with Gasteiger partial charge in [-0.15, -0.1) is 0 Å². The number of benzene rings is 1. The van der Waals surface area contributed by atoms with Crippen molar-refractivity contribution >= 4 is 6.21 Å². The van der Waals surface area contributed by atoms with Crippen LogP contribution in [-0.4, -0.2) is 21.5 Å². The van der Waals surface area contributed by atoms with Crippen molar-refractivity contribution < 1.29 is 0 Å². The first-order valence-corrected chi connectivity index (χ1v) is 11.2. The van der Waals surface area contributed by atoms with E-state index in [2.05, 4.69) is 34.4 Å². The molecule has 4 bridgehead atoms. The summed E-state index contributed by atoms with van der Waals surface area (Å²) in [4.78, 5) is 17.5. The Bertz CT molecular complexity index is 965. The van der Waals surface area contributed by atoms with Gasteiger partial charge in [-0.25, -0.2) is 4.68 Å². The molecule has 2 aromatic rings. The van der Waals surface area contributed by atoms with Crippen LogP contribution in [0.25, 0.3) is 5.69 Å². The lowest BCUT2D eigenvalue weighted by Crippen LogP contribution is -2.48. The third-order valence-corrected chi connectivity index (χ3v) is 7.47. The highest BCUT2D eigenvalue weighted by molar-refractivity contribution is 5.81. The van der Waals surface area contributed by atoms with Gasteiger partial charge < -0.3 is 0 Å². The standard InChI is InChI=1S/C25H33N3O/c1-16-22(15-26-24(2,3)4)23(29)28(27-16)21-7-5-20(6-8-21)25-12-17-9-18(13-25)11-19(10-17)14-25/h5-8,15,17-19,27H,9-14H2,1-4H3. The van der Waals surface area contributed by atoms with E-state index in [9.17, 15) is 4.79 Å². The minimum atomic E-state index is -0.194. The fourth-order valence-electron chi connectivity index (χ4n) is 6.58. The predicted molar refractivity (Wildman–Crippen MR) is 118 cm³/mol. The van der Waals surface area contributed by atoms with E-state index in [4.69, 9.17) is 0 Å². The SMILES string of the molecule is Cc1[nH]n(-c2ccc(C34CC5CC(CC(C5)C3)C4)cc2)c(=O)c1C=NC(C)(C)C. The molecule has 4 aliphatic carbocycles. The van der Waals surface area contributed by atoms with E-state index in [-0.39, 0.29) is 11.1 Å². The van der Waals surface area contributed by atoms with Crippen LogP contribution in [0.3, 0.4) is 0 Å². The summed E-state index contributed by atoms with van der Waals surface area (Å²) in [6.45, 7) is 8.04. The Labute approximate surface area is 173 Å². The highest BCUT2D eigenvalue weighted by atomic mass is 16.1. The minimum Gasteiger partial charge on any atom is -0.295 e. The third-order valence-electron chi connectivity index (χ3n) is 7.47. The molecule has 1 aromatic heterocycles. The molecule has 0 aliphatic heterocycles. The second kappa shape index (κ2) is 6.45. The maximum atomic E-state index is 13.0. The van der Waals surface area contributed by atoms with Gasteiger partial charge in [0.15, 0.2) is 0 Å². The van der Waals surface area contributed by atoms with Crippen LogP contribution in [0.5, 0.6) is 0 Å². The van der Waals surface area contributed by atoms with Crippen LogP contribution >= 0.6 is 0 Å². The van der Waals surface area contributed by atoms with Crippen molar-refractivity contribution in [2.45, 2.75) is 77.2 Å². The fraction of sp³-hybridized carbons (Fsp3) is 0.600. The van der Waals surface area contributed by atoms with Crippen molar-refractivity contribution in [3.05, 3.63) is 51.4 Å². The summed E-state index contributed by atoms with van der Waals surface area (Å²) < 4.78 is 1.66. The summed E-state index contributed by atoms with van der Waals surface area (Å²) >= 11 is 0. The first-order chi connectivity index (χ1) is 13.7. The second-order valence-corrected chi connectivity index (χ2v) is 11.0. The molecule has 4 fully saturated rings. The van der Waals surface area contributed by atoms with Crippen molar-refractivity contribution in [2.75, 3.05) is 0 Å². The lowest BCUT2D eigenvalue weighted by molar-refractivity contribution is -0.00518. The van der Waals surface area contributed by atoms with Crippen molar-refractivity contribution in [3.8, 4) is 5.69 Å². The quantitative estimate of drug-likeness (QED) is 0.722. The molecule has 4 nitrogen and oxygen atoms in total. The predicted octanol–water partition coefficient (Wildman–Crippen LogP) is 5.16. The molecule has 0 unspecified atom stereocenters. The number of hydrogen-bond acceptors (Lipinski definition) is 2. The van der Waals surface area contributed by atoms with Crippen molar-refractivity contribution in [3.63, 3.8) is 0 Å². The van der Waals surface area contributed by atoms with Crippen LogP contribution < -0.4 is 5.56 Å². The van der Waals surface area contributed by atoms with Gasteiger partial charge in [-0.3, -0.25) is 14.9 Å². The molecule has 0 amide bonds. The summed E-state index contributed by atoms with van der Waals surface area (Å²) in [5, 5.41) is 3.23. The highest BCUT2D eigenvalue weighted by Crippen LogP contribution is 2.60. The van der Waals surface area contributed by atoms with E-state index in [1.54, 1.807) is 10.9 Å².